The van der Waals surface area contributed by atoms with Crippen LogP contribution >= 0.6 is 0 Å². The minimum Gasteiger partial charge on any atom is -0.467 e. The van der Waals surface area contributed by atoms with Crippen LogP contribution in [0.3, 0.4) is 0 Å². The summed E-state index contributed by atoms with van der Waals surface area (Å²) in [6.45, 7) is 5.57. The lowest BCUT2D eigenvalue weighted by atomic mass is 10.2. The molecule has 0 saturated heterocycles. The number of rotatable bonds is 7. The second-order valence-electron chi connectivity index (χ2n) is 6.54. The van der Waals surface area contributed by atoms with Crippen LogP contribution in [0.15, 0.2) is 59.2 Å². The summed E-state index contributed by atoms with van der Waals surface area (Å²) in [6.07, 6.45) is 3.58. The van der Waals surface area contributed by atoms with Crippen LogP contribution < -0.4 is 5.32 Å². The van der Waals surface area contributed by atoms with Crippen molar-refractivity contribution in [2.75, 3.05) is 0 Å². The van der Waals surface area contributed by atoms with Gasteiger partial charge in [0.05, 0.1) is 24.2 Å². The number of ether oxygens (including phenoxy) is 1. The summed E-state index contributed by atoms with van der Waals surface area (Å²) >= 11 is 0. The monoisotopic (exact) mass is 393 g/mol. The molecule has 0 aliphatic rings. The van der Waals surface area contributed by atoms with Gasteiger partial charge in [-0.1, -0.05) is 18.2 Å². The first kappa shape index (κ1) is 20.1. The van der Waals surface area contributed by atoms with Crippen molar-refractivity contribution in [2.45, 2.75) is 33.4 Å². The van der Waals surface area contributed by atoms with Crippen molar-refractivity contribution in [3.63, 3.8) is 0 Å². The van der Waals surface area contributed by atoms with Gasteiger partial charge in [-0.25, -0.2) is 9.48 Å². The third-order valence-corrected chi connectivity index (χ3v) is 4.41. The summed E-state index contributed by atoms with van der Waals surface area (Å²) in [7, 11) is 0. The number of esters is 1. The zero-order valence-corrected chi connectivity index (χ0v) is 16.6. The van der Waals surface area contributed by atoms with Gasteiger partial charge < -0.3 is 14.5 Å². The van der Waals surface area contributed by atoms with E-state index in [1.54, 1.807) is 18.2 Å². The van der Waals surface area contributed by atoms with Crippen LogP contribution in [0, 0.1) is 13.8 Å². The number of aryl methyl sites for hydroxylation is 1. The fourth-order valence-electron chi connectivity index (χ4n) is 2.87. The Morgan fingerprint density at radius 3 is 2.66 bits per heavy atom. The Balaban J connectivity index is 1.60. The highest BCUT2D eigenvalue weighted by Crippen LogP contribution is 2.19. The molecule has 0 saturated carbocycles. The fourth-order valence-corrected chi connectivity index (χ4v) is 2.87. The Bertz CT molecular complexity index is 1000. The van der Waals surface area contributed by atoms with E-state index in [-0.39, 0.29) is 6.54 Å². The zero-order chi connectivity index (χ0) is 20.8. The first-order valence-electron chi connectivity index (χ1n) is 9.26. The van der Waals surface area contributed by atoms with Crippen LogP contribution in [0.5, 0.6) is 0 Å². The molecule has 0 spiro atoms. The van der Waals surface area contributed by atoms with Gasteiger partial charge in [0.15, 0.2) is 6.10 Å². The largest absolute Gasteiger partial charge is 0.467 e. The number of benzene rings is 1. The maximum Gasteiger partial charge on any atom is 0.331 e. The molecule has 2 aromatic heterocycles. The number of para-hydroxylation sites is 1. The Morgan fingerprint density at radius 2 is 1.97 bits per heavy atom. The molecule has 0 unspecified atom stereocenters. The summed E-state index contributed by atoms with van der Waals surface area (Å²) in [5, 5.41) is 7.19. The molecular weight excluding hydrogens is 370 g/mol. The Morgan fingerprint density at radius 1 is 1.21 bits per heavy atom. The zero-order valence-electron chi connectivity index (χ0n) is 16.6. The quantitative estimate of drug-likeness (QED) is 0.491. The van der Waals surface area contributed by atoms with Gasteiger partial charge in [-0.2, -0.15) is 5.10 Å². The molecule has 1 atom stereocenters. The van der Waals surface area contributed by atoms with Gasteiger partial charge in [-0.3, -0.25) is 4.79 Å². The van der Waals surface area contributed by atoms with E-state index in [2.05, 4.69) is 10.4 Å². The molecule has 0 radical (unpaired) electrons. The second kappa shape index (κ2) is 9.05. The van der Waals surface area contributed by atoms with Gasteiger partial charge in [0.1, 0.15) is 5.76 Å². The van der Waals surface area contributed by atoms with Crippen molar-refractivity contribution in [3.05, 3.63) is 77.5 Å². The Kier molecular flexibility index (Phi) is 6.29. The molecule has 0 fully saturated rings. The average molecular weight is 393 g/mol. The van der Waals surface area contributed by atoms with Gasteiger partial charge in [0, 0.05) is 17.3 Å². The molecule has 3 aromatic rings. The summed E-state index contributed by atoms with van der Waals surface area (Å²) < 4.78 is 12.2. The maximum absolute atomic E-state index is 12.1. The Hall–Kier alpha value is -3.61. The number of hydrogen-bond acceptors (Lipinski definition) is 5. The summed E-state index contributed by atoms with van der Waals surface area (Å²) in [4.78, 5) is 24.2. The molecule has 3 rings (SSSR count). The predicted molar refractivity (Wildman–Crippen MR) is 108 cm³/mol. The molecule has 7 nitrogen and oxygen atoms in total. The molecule has 2 heterocycles. The maximum atomic E-state index is 12.1. The van der Waals surface area contributed by atoms with E-state index in [0.717, 1.165) is 22.6 Å². The molecule has 1 N–H and O–H groups in total. The molecule has 29 heavy (non-hydrogen) atoms. The first-order chi connectivity index (χ1) is 14.0. The van der Waals surface area contributed by atoms with Gasteiger partial charge in [-0.15, -0.1) is 0 Å². The molecule has 0 aliphatic heterocycles. The number of aromatic nitrogens is 2. The fraction of sp³-hybridized carbons (Fsp3) is 0.227. The van der Waals surface area contributed by atoms with Crippen LogP contribution in [0.2, 0.25) is 0 Å². The molecule has 150 valence electrons. The molecule has 0 aliphatic carbocycles. The molecule has 1 aromatic carbocycles. The van der Waals surface area contributed by atoms with Gasteiger partial charge in [-0.05, 0) is 51.1 Å². The van der Waals surface area contributed by atoms with E-state index in [1.807, 2.05) is 48.9 Å². The van der Waals surface area contributed by atoms with Crippen molar-refractivity contribution in [2.24, 2.45) is 0 Å². The highest BCUT2D eigenvalue weighted by molar-refractivity contribution is 5.90. The van der Waals surface area contributed by atoms with E-state index in [4.69, 9.17) is 9.15 Å². The van der Waals surface area contributed by atoms with Crippen molar-refractivity contribution in [3.8, 4) is 5.69 Å². The summed E-state index contributed by atoms with van der Waals surface area (Å²) in [5.74, 6) is -0.373. The Labute approximate surface area is 169 Å². The average Bonchev–Trinajstić information content (AvgIpc) is 3.33. The lowest BCUT2D eigenvalue weighted by Gasteiger charge is -2.11. The van der Waals surface area contributed by atoms with Gasteiger partial charge in [0.25, 0.3) is 5.91 Å². The second-order valence-corrected chi connectivity index (χ2v) is 6.54. The van der Waals surface area contributed by atoms with Crippen LogP contribution in [-0.2, 0) is 20.9 Å². The van der Waals surface area contributed by atoms with E-state index in [9.17, 15) is 9.59 Å². The lowest BCUT2D eigenvalue weighted by molar-refractivity contribution is -0.150. The highest BCUT2D eigenvalue weighted by atomic mass is 16.5. The van der Waals surface area contributed by atoms with E-state index in [0.29, 0.717) is 5.76 Å². The van der Waals surface area contributed by atoms with E-state index in [1.165, 1.54) is 19.3 Å². The third-order valence-electron chi connectivity index (χ3n) is 4.41. The number of carbonyl (C=O) groups excluding carboxylic acids is 2. The van der Waals surface area contributed by atoms with Crippen LogP contribution in [0.4, 0.5) is 0 Å². The molecule has 1 amide bonds. The lowest BCUT2D eigenvalue weighted by Crippen LogP contribution is -2.35. The smallest absolute Gasteiger partial charge is 0.331 e. The summed E-state index contributed by atoms with van der Waals surface area (Å²) in [6, 6.07) is 13.2. The van der Waals surface area contributed by atoms with Gasteiger partial charge in [0.2, 0.25) is 0 Å². The third kappa shape index (κ3) is 5.01. The van der Waals surface area contributed by atoms with E-state index >= 15 is 0 Å². The van der Waals surface area contributed by atoms with Crippen molar-refractivity contribution < 1.29 is 18.7 Å². The van der Waals surface area contributed by atoms with Crippen LogP contribution in [0.25, 0.3) is 11.8 Å². The number of nitrogens with zero attached hydrogens (tertiary/aromatic N) is 2. The van der Waals surface area contributed by atoms with Crippen molar-refractivity contribution in [1.29, 1.82) is 0 Å². The number of nitrogens with one attached hydrogen (secondary N) is 1. The highest BCUT2D eigenvalue weighted by Gasteiger charge is 2.17. The standard InChI is InChI=1S/C22H23N3O4/c1-15-20(16(2)25(24-15)18-8-5-4-6-9-18)11-12-21(26)29-17(3)22(27)23-14-19-10-7-13-28-19/h4-13,17H,14H2,1-3H3,(H,23,27)/b12-11+/t17-/m1/s1. The minimum atomic E-state index is -0.920. The number of carbonyl (C=O) groups is 2. The number of hydrogen-bond donors (Lipinski definition) is 1. The topological polar surface area (TPSA) is 86.4 Å². The van der Waals surface area contributed by atoms with Crippen molar-refractivity contribution in [1.82, 2.24) is 15.1 Å². The van der Waals surface area contributed by atoms with Crippen LogP contribution in [0.1, 0.15) is 29.6 Å². The predicted octanol–water partition coefficient (Wildman–Crippen LogP) is 3.34. The number of furan rings is 1. The summed E-state index contributed by atoms with van der Waals surface area (Å²) in [5.41, 5.74) is 3.47. The van der Waals surface area contributed by atoms with Crippen LogP contribution in [-0.4, -0.2) is 27.8 Å². The minimum absolute atomic E-state index is 0.237. The SMILES string of the molecule is Cc1nn(-c2ccccc2)c(C)c1/C=C/C(=O)O[C@H](C)C(=O)NCc1ccco1. The normalized spacial score (nSPS) is 12.1. The number of amides is 1. The molecule has 7 heteroatoms. The van der Waals surface area contributed by atoms with Crippen molar-refractivity contribution >= 4 is 18.0 Å². The van der Waals surface area contributed by atoms with Gasteiger partial charge >= 0.3 is 5.97 Å². The van der Waals surface area contributed by atoms with E-state index < -0.39 is 18.0 Å². The first-order valence-corrected chi connectivity index (χ1v) is 9.26. The molecular formula is C22H23N3O4. The molecule has 0 bridgehead atoms.